The predicted octanol–water partition coefficient (Wildman–Crippen LogP) is 1.97. The topological polar surface area (TPSA) is 150 Å². The van der Waals surface area contributed by atoms with Gasteiger partial charge in [0.05, 0.1) is 40.2 Å². The van der Waals surface area contributed by atoms with Crippen molar-refractivity contribution in [2.45, 2.75) is 21.6 Å². The van der Waals surface area contributed by atoms with E-state index in [9.17, 15) is 26.4 Å². The second-order valence-electron chi connectivity index (χ2n) is 7.31. The van der Waals surface area contributed by atoms with Crippen LogP contribution in [0.15, 0.2) is 92.8 Å². The maximum Gasteiger partial charge on any atom is 0.355 e. The predicted molar refractivity (Wildman–Crippen MR) is 126 cm³/mol. The normalized spacial score (nSPS) is 14.0. The summed E-state index contributed by atoms with van der Waals surface area (Å²) in [6.45, 7) is 1.79. The number of esters is 2. The van der Waals surface area contributed by atoms with Crippen LogP contribution in [0.4, 0.5) is 5.69 Å². The highest BCUT2D eigenvalue weighted by Gasteiger charge is 2.32. The molecular weight excluding hydrogens is 496 g/mol. The van der Waals surface area contributed by atoms with E-state index >= 15 is 0 Å². The van der Waals surface area contributed by atoms with E-state index in [4.69, 9.17) is 14.6 Å². The van der Waals surface area contributed by atoms with Crippen molar-refractivity contribution in [3.63, 3.8) is 0 Å². The van der Waals surface area contributed by atoms with Crippen LogP contribution in [0, 0.1) is 6.92 Å². The zero-order valence-corrected chi connectivity index (χ0v) is 20.6. The Balaban J connectivity index is 2.41. The molecule has 0 saturated carbocycles. The van der Waals surface area contributed by atoms with E-state index in [1.165, 1.54) is 36.6 Å². The van der Waals surface area contributed by atoms with Gasteiger partial charge in [0.1, 0.15) is 5.70 Å². The zero-order valence-electron chi connectivity index (χ0n) is 19.0. The molecule has 0 fully saturated rings. The second kappa shape index (κ2) is 9.86. The van der Waals surface area contributed by atoms with Crippen molar-refractivity contribution in [3.8, 4) is 0 Å². The van der Waals surface area contributed by atoms with Crippen molar-refractivity contribution in [1.82, 2.24) is 0 Å². The molecule has 0 unspecified atom stereocenters. The molecule has 0 atom stereocenters. The molecule has 10 nitrogen and oxygen atoms in total. The van der Waals surface area contributed by atoms with Gasteiger partial charge in [-0.25, -0.2) is 31.6 Å². The summed E-state index contributed by atoms with van der Waals surface area (Å²) in [4.78, 5) is 25.5. The van der Waals surface area contributed by atoms with Gasteiger partial charge in [0, 0.05) is 6.20 Å². The fraction of sp³-hybridized carbons (Fsp3) is 0.130. The number of allylic oxidation sites excluding steroid dienone is 2. The molecule has 35 heavy (non-hydrogen) atoms. The van der Waals surface area contributed by atoms with Crippen molar-refractivity contribution < 1.29 is 35.9 Å². The molecule has 0 bridgehead atoms. The maximum atomic E-state index is 13.6. The first-order valence-electron chi connectivity index (χ1n) is 9.95. The van der Waals surface area contributed by atoms with Crippen molar-refractivity contribution in [2.24, 2.45) is 5.14 Å². The number of primary sulfonamides is 1. The zero-order chi connectivity index (χ0) is 26.0. The van der Waals surface area contributed by atoms with Gasteiger partial charge in [0.2, 0.25) is 19.9 Å². The van der Waals surface area contributed by atoms with Crippen LogP contribution in [0.2, 0.25) is 0 Å². The molecule has 3 rings (SSSR count). The number of nitrogens with zero attached hydrogens (tertiary/aromatic N) is 1. The monoisotopic (exact) mass is 518 g/mol. The number of nitrogens with two attached hydrogens (primary N) is 1. The molecular formula is C23H22N2O8S2. The number of aryl methyl sites for hydroxylation is 1. The van der Waals surface area contributed by atoms with Crippen molar-refractivity contribution in [3.05, 3.63) is 83.7 Å². The standard InChI is InChI=1S/C23H22N2O8S2/c1-15-7-9-16(10-8-15)34(28,29)20-12-11-17(35(24,30)31)14-19(20)25-13-5-4-6-18(22(26)32-2)21(25)23(27)33-3/h4-14H,1-3H3,(H2,24,30,31). The molecule has 0 spiro atoms. The number of ether oxygens (including phenoxy) is 2. The average molecular weight is 519 g/mol. The summed E-state index contributed by atoms with van der Waals surface area (Å²) < 4.78 is 61.0. The lowest BCUT2D eigenvalue weighted by atomic mass is 10.1. The first-order valence-corrected chi connectivity index (χ1v) is 13.0. The van der Waals surface area contributed by atoms with Gasteiger partial charge in [-0.05, 0) is 49.4 Å². The number of carbonyl (C=O) groups excluding carboxylic acids is 2. The number of sulfonamides is 1. The molecule has 2 N–H and O–H groups in total. The van der Waals surface area contributed by atoms with Crippen LogP contribution in [-0.2, 0) is 38.9 Å². The van der Waals surface area contributed by atoms with E-state index in [0.717, 1.165) is 42.9 Å². The molecule has 184 valence electrons. The van der Waals surface area contributed by atoms with Crippen LogP contribution in [-0.4, -0.2) is 43.0 Å². The molecule has 1 aliphatic rings. The van der Waals surface area contributed by atoms with Crippen LogP contribution in [0.3, 0.4) is 0 Å². The Morgan fingerprint density at radius 3 is 2.03 bits per heavy atom. The minimum atomic E-state index is -4.27. The van der Waals surface area contributed by atoms with Gasteiger partial charge in [0.15, 0.2) is 0 Å². The van der Waals surface area contributed by atoms with E-state index in [1.807, 2.05) is 0 Å². The van der Waals surface area contributed by atoms with E-state index in [2.05, 4.69) is 0 Å². The molecule has 0 aliphatic carbocycles. The smallest absolute Gasteiger partial charge is 0.355 e. The summed E-state index contributed by atoms with van der Waals surface area (Å²) in [5.74, 6) is -1.90. The molecule has 12 heteroatoms. The number of hydrogen-bond acceptors (Lipinski definition) is 9. The van der Waals surface area contributed by atoms with Crippen molar-refractivity contribution in [2.75, 3.05) is 19.1 Å². The first-order chi connectivity index (χ1) is 16.4. The minimum absolute atomic E-state index is 0.0681. The molecule has 1 aliphatic heterocycles. The van der Waals surface area contributed by atoms with Gasteiger partial charge in [-0.2, -0.15) is 0 Å². The number of anilines is 1. The highest BCUT2D eigenvalue weighted by atomic mass is 32.2. The van der Waals surface area contributed by atoms with Gasteiger partial charge in [-0.3, -0.25) is 0 Å². The quantitative estimate of drug-likeness (QED) is 0.566. The third-order valence-corrected chi connectivity index (χ3v) is 7.76. The number of rotatable bonds is 6. The third-order valence-electron chi connectivity index (χ3n) is 5.03. The Morgan fingerprint density at radius 1 is 0.857 bits per heavy atom. The van der Waals surface area contributed by atoms with Gasteiger partial charge in [-0.15, -0.1) is 0 Å². The highest BCUT2D eigenvalue weighted by Crippen LogP contribution is 2.36. The molecule has 2 aromatic rings. The van der Waals surface area contributed by atoms with Crippen LogP contribution in [0.1, 0.15) is 5.56 Å². The minimum Gasteiger partial charge on any atom is -0.465 e. The van der Waals surface area contributed by atoms with Crippen LogP contribution in [0.5, 0.6) is 0 Å². The number of sulfone groups is 1. The fourth-order valence-corrected chi connectivity index (χ4v) is 5.25. The second-order valence-corrected chi connectivity index (χ2v) is 10.8. The lowest BCUT2D eigenvalue weighted by molar-refractivity contribution is -0.139. The van der Waals surface area contributed by atoms with Gasteiger partial charge >= 0.3 is 11.9 Å². The fourth-order valence-electron chi connectivity index (χ4n) is 3.29. The lowest BCUT2D eigenvalue weighted by Gasteiger charge is -2.25. The lowest BCUT2D eigenvalue weighted by Crippen LogP contribution is -2.28. The molecule has 0 radical (unpaired) electrons. The molecule has 0 aromatic heterocycles. The Labute approximate surface area is 202 Å². The summed E-state index contributed by atoms with van der Waals surface area (Å²) in [7, 11) is -6.32. The molecule has 2 aromatic carbocycles. The summed E-state index contributed by atoms with van der Waals surface area (Å²) in [6.07, 6.45) is 5.42. The van der Waals surface area contributed by atoms with Gasteiger partial charge in [0.25, 0.3) is 0 Å². The van der Waals surface area contributed by atoms with Gasteiger partial charge in [-0.1, -0.05) is 23.8 Å². The molecule has 0 saturated heterocycles. The largest absolute Gasteiger partial charge is 0.465 e. The van der Waals surface area contributed by atoms with E-state index in [-0.39, 0.29) is 21.1 Å². The summed E-state index contributed by atoms with van der Waals surface area (Å²) in [5, 5.41) is 5.29. The van der Waals surface area contributed by atoms with Crippen LogP contribution in [0.25, 0.3) is 0 Å². The van der Waals surface area contributed by atoms with E-state index in [1.54, 1.807) is 19.1 Å². The number of carbonyl (C=O) groups is 2. The first kappa shape index (κ1) is 25.9. The van der Waals surface area contributed by atoms with Crippen LogP contribution < -0.4 is 10.0 Å². The highest BCUT2D eigenvalue weighted by molar-refractivity contribution is 7.91. The summed E-state index contributed by atoms with van der Waals surface area (Å²) in [6, 6.07) is 9.14. The summed E-state index contributed by atoms with van der Waals surface area (Å²) in [5.41, 5.74) is -0.0620. The SMILES string of the molecule is COC(=O)C1=C(C(=O)OC)N(c2cc(S(N)(=O)=O)ccc2S(=O)(=O)c2ccc(C)cc2)C=CC=C1. The van der Waals surface area contributed by atoms with Gasteiger partial charge < -0.3 is 14.4 Å². The Morgan fingerprint density at radius 2 is 1.46 bits per heavy atom. The third kappa shape index (κ3) is 5.19. The number of hydrogen-bond donors (Lipinski definition) is 1. The van der Waals surface area contributed by atoms with Crippen molar-refractivity contribution >= 4 is 37.5 Å². The Kier molecular flexibility index (Phi) is 7.29. The molecule has 0 amide bonds. The Hall–Kier alpha value is -3.74. The van der Waals surface area contributed by atoms with E-state index in [0.29, 0.717) is 0 Å². The number of methoxy groups -OCH3 is 2. The van der Waals surface area contributed by atoms with E-state index < -0.39 is 42.4 Å². The maximum absolute atomic E-state index is 13.6. The average Bonchev–Trinajstić information content (AvgIpc) is 3.05. The number of benzene rings is 2. The van der Waals surface area contributed by atoms with Crippen molar-refractivity contribution in [1.29, 1.82) is 0 Å². The molecule has 1 heterocycles. The Bertz CT molecular complexity index is 1490. The van der Waals surface area contributed by atoms with Crippen LogP contribution >= 0.6 is 0 Å². The summed E-state index contributed by atoms with van der Waals surface area (Å²) >= 11 is 0.